The molecule has 4 heteroatoms. The second-order valence-corrected chi connectivity index (χ2v) is 4.25. The van der Waals surface area contributed by atoms with Gasteiger partial charge in [0.1, 0.15) is 0 Å². The molecule has 2 aromatic heterocycles. The topological polar surface area (TPSA) is 43.8 Å². The average Bonchev–Trinajstić information content (AvgIpc) is 2.74. The van der Waals surface area contributed by atoms with Crippen LogP contribution in [-0.4, -0.2) is 9.55 Å². The van der Waals surface area contributed by atoms with Gasteiger partial charge in [0, 0.05) is 35.5 Å². The van der Waals surface area contributed by atoms with Crippen LogP contribution in [0.5, 0.6) is 0 Å². The van der Waals surface area contributed by atoms with Crippen LogP contribution in [0.2, 0.25) is 0 Å². The Kier molecular flexibility index (Phi) is 2.48. The predicted octanol–water partition coefficient (Wildman–Crippen LogP) is 2.81. The number of nitrogens with two attached hydrogens (primary N) is 1. The molecule has 0 unspecified atom stereocenters. The molecule has 3 nitrogen and oxygen atoms in total. The monoisotopic (exact) mass is 241 g/mol. The summed E-state index contributed by atoms with van der Waals surface area (Å²) < 4.78 is 14.8. The van der Waals surface area contributed by atoms with Crippen LogP contribution in [0.15, 0.2) is 48.8 Å². The molecule has 18 heavy (non-hydrogen) atoms. The lowest BCUT2D eigenvalue weighted by Crippen LogP contribution is -1.99. The zero-order valence-corrected chi connectivity index (χ0v) is 9.68. The SMILES string of the molecule is Nc1ccc2c(ccn2Cc2ccc(F)nc2)c1. The van der Waals surface area contributed by atoms with Gasteiger partial charge in [0.2, 0.25) is 5.95 Å². The summed E-state index contributed by atoms with van der Waals surface area (Å²) in [4.78, 5) is 3.65. The molecule has 0 saturated carbocycles. The Morgan fingerprint density at radius 3 is 2.83 bits per heavy atom. The highest BCUT2D eigenvalue weighted by atomic mass is 19.1. The van der Waals surface area contributed by atoms with Gasteiger partial charge in [-0.3, -0.25) is 0 Å². The quantitative estimate of drug-likeness (QED) is 0.554. The van der Waals surface area contributed by atoms with E-state index < -0.39 is 5.95 Å². The van der Waals surface area contributed by atoms with Crippen molar-refractivity contribution in [2.24, 2.45) is 0 Å². The van der Waals surface area contributed by atoms with Crippen LogP contribution in [0.4, 0.5) is 10.1 Å². The maximum absolute atomic E-state index is 12.7. The summed E-state index contributed by atoms with van der Waals surface area (Å²) in [6, 6.07) is 10.9. The van der Waals surface area contributed by atoms with Crippen molar-refractivity contribution >= 4 is 16.6 Å². The van der Waals surface area contributed by atoms with Crippen LogP contribution in [0, 0.1) is 5.95 Å². The molecule has 1 aromatic carbocycles. The van der Waals surface area contributed by atoms with E-state index in [1.54, 1.807) is 12.3 Å². The van der Waals surface area contributed by atoms with Crippen LogP contribution < -0.4 is 5.73 Å². The van der Waals surface area contributed by atoms with Crippen molar-refractivity contribution < 1.29 is 4.39 Å². The van der Waals surface area contributed by atoms with Crippen molar-refractivity contribution in [3.05, 3.63) is 60.3 Å². The molecular formula is C14H12FN3. The Hall–Kier alpha value is -2.36. The molecule has 2 heterocycles. The van der Waals surface area contributed by atoms with Crippen LogP contribution >= 0.6 is 0 Å². The van der Waals surface area contributed by atoms with E-state index in [0.717, 1.165) is 22.2 Å². The number of halogens is 1. The van der Waals surface area contributed by atoms with Gasteiger partial charge in [0.05, 0.1) is 0 Å². The van der Waals surface area contributed by atoms with Gasteiger partial charge >= 0.3 is 0 Å². The van der Waals surface area contributed by atoms with Gasteiger partial charge in [-0.05, 0) is 35.9 Å². The third-order valence-corrected chi connectivity index (χ3v) is 2.94. The number of pyridine rings is 1. The fraction of sp³-hybridized carbons (Fsp3) is 0.0714. The second-order valence-electron chi connectivity index (χ2n) is 4.25. The number of anilines is 1. The smallest absolute Gasteiger partial charge is 0.212 e. The van der Waals surface area contributed by atoms with Gasteiger partial charge in [-0.25, -0.2) is 4.98 Å². The Morgan fingerprint density at radius 1 is 1.17 bits per heavy atom. The van der Waals surface area contributed by atoms with Crippen LogP contribution in [-0.2, 0) is 6.54 Å². The maximum Gasteiger partial charge on any atom is 0.212 e. The Balaban J connectivity index is 1.97. The summed E-state index contributed by atoms with van der Waals surface area (Å²) >= 11 is 0. The van der Waals surface area contributed by atoms with Gasteiger partial charge in [-0.1, -0.05) is 6.07 Å². The molecule has 0 aliphatic rings. The molecule has 0 aliphatic carbocycles. The minimum atomic E-state index is -0.455. The Morgan fingerprint density at radius 2 is 2.06 bits per heavy atom. The highest BCUT2D eigenvalue weighted by Crippen LogP contribution is 2.19. The van der Waals surface area contributed by atoms with E-state index in [-0.39, 0.29) is 0 Å². The molecule has 0 aliphatic heterocycles. The van der Waals surface area contributed by atoms with Gasteiger partial charge in [-0.15, -0.1) is 0 Å². The largest absolute Gasteiger partial charge is 0.399 e. The van der Waals surface area contributed by atoms with Crippen molar-refractivity contribution in [2.45, 2.75) is 6.54 Å². The number of aromatic nitrogens is 2. The van der Waals surface area contributed by atoms with Gasteiger partial charge in [0.25, 0.3) is 0 Å². The zero-order chi connectivity index (χ0) is 12.5. The van der Waals surface area contributed by atoms with Crippen molar-refractivity contribution in [1.29, 1.82) is 0 Å². The zero-order valence-electron chi connectivity index (χ0n) is 9.68. The lowest BCUT2D eigenvalue weighted by molar-refractivity contribution is 0.581. The summed E-state index contributed by atoms with van der Waals surface area (Å²) in [5.41, 5.74) is 8.56. The van der Waals surface area contributed by atoms with E-state index in [4.69, 9.17) is 5.73 Å². The van der Waals surface area contributed by atoms with E-state index in [1.807, 2.05) is 30.5 Å². The lowest BCUT2D eigenvalue weighted by Gasteiger charge is -2.05. The van der Waals surface area contributed by atoms with Gasteiger partial charge in [-0.2, -0.15) is 4.39 Å². The molecule has 0 saturated heterocycles. The van der Waals surface area contributed by atoms with Crippen LogP contribution in [0.3, 0.4) is 0 Å². The molecule has 0 spiro atoms. The van der Waals surface area contributed by atoms with Crippen molar-refractivity contribution in [2.75, 3.05) is 5.73 Å². The highest BCUT2D eigenvalue weighted by Gasteiger charge is 2.02. The summed E-state index contributed by atoms with van der Waals surface area (Å²) in [5, 5.41) is 1.10. The molecule has 3 rings (SSSR count). The first-order valence-electron chi connectivity index (χ1n) is 5.67. The van der Waals surface area contributed by atoms with Crippen molar-refractivity contribution in [3.8, 4) is 0 Å². The van der Waals surface area contributed by atoms with E-state index in [0.29, 0.717) is 6.54 Å². The minimum absolute atomic E-state index is 0.455. The maximum atomic E-state index is 12.7. The second kappa shape index (κ2) is 4.14. The van der Waals surface area contributed by atoms with Gasteiger partial charge < -0.3 is 10.3 Å². The number of nitrogen functional groups attached to an aromatic ring is 1. The number of nitrogens with zero attached hydrogens (tertiary/aromatic N) is 2. The van der Waals surface area contributed by atoms with Crippen molar-refractivity contribution in [1.82, 2.24) is 9.55 Å². The normalized spacial score (nSPS) is 10.9. The fourth-order valence-electron chi connectivity index (χ4n) is 2.05. The molecule has 0 bridgehead atoms. The molecule has 2 N–H and O–H groups in total. The summed E-state index contributed by atoms with van der Waals surface area (Å²) in [6.07, 6.45) is 3.55. The minimum Gasteiger partial charge on any atom is -0.399 e. The third kappa shape index (κ3) is 1.93. The third-order valence-electron chi connectivity index (χ3n) is 2.94. The molecule has 0 radical (unpaired) electrons. The number of hydrogen-bond donors (Lipinski definition) is 1. The first-order chi connectivity index (χ1) is 8.72. The number of fused-ring (bicyclic) bond motifs is 1. The van der Waals surface area contributed by atoms with Crippen molar-refractivity contribution in [3.63, 3.8) is 0 Å². The number of benzene rings is 1. The van der Waals surface area contributed by atoms with Crippen LogP contribution in [0.1, 0.15) is 5.56 Å². The molecule has 0 atom stereocenters. The van der Waals surface area contributed by atoms with Gasteiger partial charge in [0.15, 0.2) is 0 Å². The van der Waals surface area contributed by atoms with E-state index >= 15 is 0 Å². The highest BCUT2D eigenvalue weighted by molar-refractivity contribution is 5.83. The van der Waals surface area contributed by atoms with E-state index in [1.165, 1.54) is 6.07 Å². The summed E-state index contributed by atoms with van der Waals surface area (Å²) in [6.45, 7) is 0.667. The fourth-order valence-corrected chi connectivity index (χ4v) is 2.05. The van der Waals surface area contributed by atoms with Crippen LogP contribution in [0.25, 0.3) is 10.9 Å². The summed E-state index contributed by atoms with van der Waals surface area (Å²) in [5.74, 6) is -0.455. The average molecular weight is 241 g/mol. The predicted molar refractivity (Wildman–Crippen MR) is 69.6 cm³/mol. The molecule has 0 fully saturated rings. The Labute approximate surface area is 104 Å². The first kappa shape index (κ1) is 10.8. The van der Waals surface area contributed by atoms with E-state index in [2.05, 4.69) is 9.55 Å². The standard InChI is InChI=1S/C14H12FN3/c15-14-4-1-10(8-17-14)9-18-6-5-11-7-12(16)2-3-13(11)18/h1-8H,9,16H2. The first-order valence-corrected chi connectivity index (χ1v) is 5.67. The molecule has 0 amide bonds. The lowest BCUT2D eigenvalue weighted by atomic mass is 10.2. The Bertz CT molecular complexity index is 686. The summed E-state index contributed by atoms with van der Waals surface area (Å²) in [7, 11) is 0. The number of rotatable bonds is 2. The molecule has 3 aromatic rings. The van der Waals surface area contributed by atoms with E-state index in [9.17, 15) is 4.39 Å². The molecule has 90 valence electrons. The number of hydrogen-bond acceptors (Lipinski definition) is 2. The molecular weight excluding hydrogens is 229 g/mol.